The van der Waals surface area contributed by atoms with Crippen LogP contribution in [0, 0.1) is 13.8 Å². The van der Waals surface area contributed by atoms with Crippen LogP contribution in [-0.2, 0) is 65.9 Å². The number of methoxy groups -OCH3 is 2. The third kappa shape index (κ3) is 9.87. The van der Waals surface area contributed by atoms with E-state index in [0.29, 0.717) is 17.5 Å². The molecule has 14 heteroatoms. The molecule has 1 aromatic carbocycles. The van der Waals surface area contributed by atoms with Crippen molar-refractivity contribution in [1.29, 1.82) is 0 Å². The number of carbonyl (C=O) groups is 4. The van der Waals surface area contributed by atoms with Crippen LogP contribution in [0.15, 0.2) is 30.3 Å². The Morgan fingerprint density at radius 2 is 1.27 bits per heavy atom. The third-order valence-electron chi connectivity index (χ3n) is 4.67. The molecule has 0 radical (unpaired) electrons. The molecule has 14 nitrogen and oxygen atoms in total. The second kappa shape index (κ2) is 14.1. The number of nitrogens with zero attached hydrogens (tertiary/aromatic N) is 6. The smallest absolute Gasteiger partial charge is 0.328 e. The maximum atomic E-state index is 11.8. The SMILES string of the molecule is COC(=O)Cc1nc(C)n(CC(=O)O)n1.COC(=O)Cc1nc(C)n(CC(=O)OCc2ccccc2)n1. The lowest BCUT2D eigenvalue weighted by atomic mass is 10.2. The van der Waals surface area contributed by atoms with Gasteiger partial charge < -0.3 is 19.3 Å². The molecule has 0 saturated heterocycles. The number of hydrogen-bond acceptors (Lipinski definition) is 11. The standard InChI is InChI=1S/C15H17N3O4.C8H11N3O4/c1-11-16-13(8-14(19)21-2)17-18(11)9-15(20)22-10-12-6-4-3-5-7-12;1-5-9-6(3-8(14)15-2)10-11(5)4-7(12)13/h3-7H,8-10H2,1-2H3;3-4H2,1-2H3,(H,12,13). The van der Waals surface area contributed by atoms with Crippen LogP contribution in [0.5, 0.6) is 0 Å². The van der Waals surface area contributed by atoms with Crippen molar-refractivity contribution in [2.75, 3.05) is 14.2 Å². The molecular weight excluding hydrogens is 488 g/mol. The van der Waals surface area contributed by atoms with Crippen molar-refractivity contribution in [1.82, 2.24) is 29.5 Å². The Morgan fingerprint density at radius 3 is 1.73 bits per heavy atom. The highest BCUT2D eigenvalue weighted by molar-refractivity contribution is 5.72. The quantitative estimate of drug-likeness (QED) is 0.291. The highest BCUT2D eigenvalue weighted by Crippen LogP contribution is 2.04. The highest BCUT2D eigenvalue weighted by atomic mass is 16.5. The van der Waals surface area contributed by atoms with Crippen molar-refractivity contribution >= 4 is 23.9 Å². The van der Waals surface area contributed by atoms with Gasteiger partial charge in [0.25, 0.3) is 0 Å². The zero-order valence-electron chi connectivity index (χ0n) is 20.9. The third-order valence-corrected chi connectivity index (χ3v) is 4.67. The zero-order valence-corrected chi connectivity index (χ0v) is 20.9. The van der Waals surface area contributed by atoms with E-state index in [0.717, 1.165) is 5.56 Å². The Kier molecular flexibility index (Phi) is 10.9. The summed E-state index contributed by atoms with van der Waals surface area (Å²) in [6, 6.07) is 9.41. The average molecular weight is 517 g/mol. The van der Waals surface area contributed by atoms with E-state index in [2.05, 4.69) is 29.6 Å². The number of benzene rings is 1. The van der Waals surface area contributed by atoms with Gasteiger partial charge in [0.05, 0.1) is 14.2 Å². The van der Waals surface area contributed by atoms with E-state index in [1.165, 1.54) is 23.6 Å². The number of carbonyl (C=O) groups excluding carboxylic acids is 3. The first-order chi connectivity index (χ1) is 17.6. The molecule has 1 N–H and O–H groups in total. The highest BCUT2D eigenvalue weighted by Gasteiger charge is 2.14. The number of aromatic nitrogens is 6. The number of hydrogen-bond donors (Lipinski definition) is 1. The summed E-state index contributed by atoms with van der Waals surface area (Å²) in [6.45, 7) is 3.23. The Bertz CT molecular complexity index is 1220. The van der Waals surface area contributed by atoms with E-state index in [-0.39, 0.29) is 38.4 Å². The van der Waals surface area contributed by atoms with E-state index in [1.54, 1.807) is 13.8 Å². The number of aliphatic carboxylic acids is 1. The van der Waals surface area contributed by atoms with Gasteiger partial charge >= 0.3 is 23.9 Å². The summed E-state index contributed by atoms with van der Waals surface area (Å²) in [5, 5.41) is 16.5. The van der Waals surface area contributed by atoms with Crippen molar-refractivity contribution in [3.63, 3.8) is 0 Å². The number of carboxylic acid groups (broad SMARTS) is 1. The molecule has 0 bridgehead atoms. The summed E-state index contributed by atoms with van der Waals surface area (Å²) in [7, 11) is 2.57. The van der Waals surface area contributed by atoms with E-state index in [9.17, 15) is 19.2 Å². The molecular formula is C23H28N6O8. The lowest BCUT2D eigenvalue weighted by molar-refractivity contribution is -0.146. The van der Waals surface area contributed by atoms with Gasteiger partial charge in [0.15, 0.2) is 11.6 Å². The molecule has 0 spiro atoms. The maximum Gasteiger partial charge on any atom is 0.328 e. The second-order valence-corrected chi connectivity index (χ2v) is 7.51. The predicted octanol–water partition coefficient (Wildman–Crippen LogP) is 0.432. The Hall–Kier alpha value is -4.62. The van der Waals surface area contributed by atoms with Gasteiger partial charge in [-0.05, 0) is 19.4 Å². The topological polar surface area (TPSA) is 178 Å². The average Bonchev–Trinajstić information content (AvgIpc) is 3.38. The second-order valence-electron chi connectivity index (χ2n) is 7.51. The summed E-state index contributed by atoms with van der Waals surface area (Å²) in [6.07, 6.45) is -0.0760. The van der Waals surface area contributed by atoms with Gasteiger partial charge in [-0.3, -0.25) is 19.2 Å². The minimum absolute atomic E-state index is 0.0244. The van der Waals surface area contributed by atoms with Crippen molar-refractivity contribution < 1.29 is 38.5 Å². The summed E-state index contributed by atoms with van der Waals surface area (Å²) in [4.78, 5) is 52.4. The van der Waals surface area contributed by atoms with E-state index >= 15 is 0 Å². The summed E-state index contributed by atoms with van der Waals surface area (Å²) in [5.74, 6) is -0.729. The van der Waals surface area contributed by atoms with Crippen molar-refractivity contribution in [2.24, 2.45) is 0 Å². The van der Waals surface area contributed by atoms with Gasteiger partial charge in [0, 0.05) is 0 Å². The number of rotatable bonds is 10. The number of esters is 3. The van der Waals surface area contributed by atoms with Crippen LogP contribution in [0.1, 0.15) is 28.9 Å². The first kappa shape index (κ1) is 28.6. The minimum Gasteiger partial charge on any atom is -0.480 e. The summed E-state index contributed by atoms with van der Waals surface area (Å²) >= 11 is 0. The van der Waals surface area contributed by atoms with Gasteiger partial charge in [-0.25, -0.2) is 19.3 Å². The van der Waals surface area contributed by atoms with Crippen molar-refractivity contribution in [3.8, 4) is 0 Å². The molecule has 3 rings (SSSR count). The predicted molar refractivity (Wildman–Crippen MR) is 125 cm³/mol. The lowest BCUT2D eigenvalue weighted by Gasteiger charge is -2.05. The lowest BCUT2D eigenvalue weighted by Crippen LogP contribution is -2.16. The molecule has 0 fully saturated rings. The molecule has 0 aliphatic rings. The normalized spacial score (nSPS) is 10.2. The van der Waals surface area contributed by atoms with Gasteiger partial charge in [0.1, 0.15) is 44.2 Å². The fourth-order valence-corrected chi connectivity index (χ4v) is 2.84. The molecule has 0 aliphatic heterocycles. The van der Waals surface area contributed by atoms with Crippen molar-refractivity contribution in [3.05, 3.63) is 59.2 Å². The van der Waals surface area contributed by atoms with Gasteiger partial charge in [-0.2, -0.15) is 10.2 Å². The largest absolute Gasteiger partial charge is 0.480 e. The van der Waals surface area contributed by atoms with Crippen LogP contribution < -0.4 is 0 Å². The van der Waals surface area contributed by atoms with Gasteiger partial charge in [-0.1, -0.05) is 30.3 Å². The molecule has 0 saturated carbocycles. The van der Waals surface area contributed by atoms with Crippen LogP contribution in [-0.4, -0.2) is 72.7 Å². The summed E-state index contributed by atoms with van der Waals surface area (Å²) < 4.78 is 16.8. The molecule has 3 aromatic rings. The first-order valence-corrected chi connectivity index (χ1v) is 11.0. The molecule has 0 atom stereocenters. The minimum atomic E-state index is -1.01. The molecule has 2 aromatic heterocycles. The first-order valence-electron chi connectivity index (χ1n) is 11.0. The molecule has 0 amide bonds. The van der Waals surface area contributed by atoms with E-state index in [4.69, 9.17) is 9.84 Å². The van der Waals surface area contributed by atoms with Crippen molar-refractivity contribution in [2.45, 2.75) is 46.4 Å². The molecule has 0 aliphatic carbocycles. The Labute approximate surface area is 212 Å². The molecule has 2 heterocycles. The zero-order chi connectivity index (χ0) is 27.4. The number of carboxylic acids is 1. The van der Waals surface area contributed by atoms with Crippen LogP contribution in [0.2, 0.25) is 0 Å². The van der Waals surface area contributed by atoms with E-state index in [1.807, 2.05) is 30.3 Å². The molecule has 37 heavy (non-hydrogen) atoms. The van der Waals surface area contributed by atoms with Crippen LogP contribution in [0.25, 0.3) is 0 Å². The summed E-state index contributed by atoms with van der Waals surface area (Å²) in [5.41, 5.74) is 0.914. The molecule has 198 valence electrons. The number of ether oxygens (including phenoxy) is 3. The monoisotopic (exact) mass is 516 g/mol. The fraction of sp³-hybridized carbons (Fsp3) is 0.391. The van der Waals surface area contributed by atoms with E-state index < -0.39 is 23.9 Å². The van der Waals surface area contributed by atoms with Crippen LogP contribution in [0.4, 0.5) is 0 Å². The number of aryl methyl sites for hydroxylation is 2. The Morgan fingerprint density at radius 1 is 0.784 bits per heavy atom. The molecule has 0 unspecified atom stereocenters. The van der Waals surface area contributed by atoms with Crippen LogP contribution in [0.3, 0.4) is 0 Å². The Balaban J connectivity index is 0.000000281. The fourth-order valence-electron chi connectivity index (χ4n) is 2.84. The maximum absolute atomic E-state index is 11.8. The van der Waals surface area contributed by atoms with Crippen LogP contribution >= 0.6 is 0 Å². The van der Waals surface area contributed by atoms with Gasteiger partial charge in [0.2, 0.25) is 0 Å². The van der Waals surface area contributed by atoms with Gasteiger partial charge in [-0.15, -0.1) is 0 Å².